The van der Waals surface area contributed by atoms with Gasteiger partial charge in [-0.25, -0.2) is 8.42 Å². The number of aliphatic imine (C=N–C) groups is 1. The van der Waals surface area contributed by atoms with Crippen molar-refractivity contribution in [2.75, 3.05) is 0 Å². The van der Waals surface area contributed by atoms with Gasteiger partial charge in [0.25, 0.3) is 0 Å². The number of rotatable bonds is 3. The van der Waals surface area contributed by atoms with E-state index in [1.807, 2.05) is 49.4 Å². The van der Waals surface area contributed by atoms with Gasteiger partial charge in [0.1, 0.15) is 6.17 Å². The first-order chi connectivity index (χ1) is 12.1. The Morgan fingerprint density at radius 1 is 1.00 bits per heavy atom. The highest BCUT2D eigenvalue weighted by molar-refractivity contribution is 7.89. The Bertz CT molecular complexity index is 889. The Balaban J connectivity index is 1.80. The van der Waals surface area contributed by atoms with Crippen molar-refractivity contribution in [2.24, 2.45) is 4.99 Å². The second-order valence-electron chi connectivity index (χ2n) is 6.81. The van der Waals surface area contributed by atoms with E-state index in [1.54, 1.807) is 16.4 Å². The van der Waals surface area contributed by atoms with Crippen LogP contribution in [0.5, 0.6) is 0 Å². The molecule has 1 fully saturated rings. The van der Waals surface area contributed by atoms with Gasteiger partial charge in [-0.05, 0) is 43.9 Å². The maximum atomic E-state index is 13.4. The molecule has 5 heteroatoms. The van der Waals surface area contributed by atoms with E-state index in [2.05, 4.69) is 0 Å². The zero-order valence-electron chi connectivity index (χ0n) is 14.3. The molecule has 0 bridgehead atoms. The van der Waals surface area contributed by atoms with Crippen molar-refractivity contribution in [1.82, 2.24) is 4.31 Å². The zero-order chi connectivity index (χ0) is 17.4. The predicted octanol–water partition coefficient (Wildman–Crippen LogP) is 4.08. The van der Waals surface area contributed by atoms with Crippen LogP contribution in [0.3, 0.4) is 0 Å². The molecule has 0 amide bonds. The second kappa shape index (κ2) is 6.39. The van der Waals surface area contributed by atoms with Crippen LogP contribution >= 0.6 is 0 Å². The number of benzene rings is 2. The Morgan fingerprint density at radius 3 is 2.44 bits per heavy atom. The molecular weight excluding hydrogens is 332 g/mol. The summed E-state index contributed by atoms with van der Waals surface area (Å²) in [5, 5.41) is 0. The predicted molar refractivity (Wildman–Crippen MR) is 99.1 cm³/mol. The minimum atomic E-state index is -3.60. The molecule has 0 unspecified atom stereocenters. The lowest BCUT2D eigenvalue weighted by molar-refractivity contribution is 0.309. The fraction of sp³-hybridized carbons (Fsp3) is 0.350. The van der Waals surface area contributed by atoms with E-state index in [4.69, 9.17) is 4.99 Å². The van der Waals surface area contributed by atoms with Crippen LogP contribution in [0.2, 0.25) is 0 Å². The first kappa shape index (κ1) is 16.5. The summed E-state index contributed by atoms with van der Waals surface area (Å²) in [6, 6.07) is 16.7. The first-order valence-corrected chi connectivity index (χ1v) is 10.2. The Morgan fingerprint density at radius 2 is 1.72 bits per heavy atom. The summed E-state index contributed by atoms with van der Waals surface area (Å²) in [6.07, 6.45) is 3.44. The minimum absolute atomic E-state index is 0.106. The second-order valence-corrected chi connectivity index (χ2v) is 8.66. The highest BCUT2D eigenvalue weighted by Crippen LogP contribution is 2.40. The van der Waals surface area contributed by atoms with Gasteiger partial charge in [-0.1, -0.05) is 54.4 Å². The number of aryl methyl sites for hydroxylation is 1. The fourth-order valence-electron chi connectivity index (χ4n) is 3.76. The lowest BCUT2D eigenvalue weighted by Gasteiger charge is -2.31. The number of hydrogen-bond donors (Lipinski definition) is 0. The standard InChI is InChI=1S/C20H22N2O2S/c1-15-11-13-17(14-12-15)25(23,24)22-19-10-6-5-9-18(19)21-20(22)16-7-3-2-4-8-16/h2-4,7-8,11-14,19-20H,5-6,9-10H2,1H3/t19-,20+/m1/s1. The molecular formula is C20H22N2O2S. The molecule has 25 heavy (non-hydrogen) atoms. The van der Waals surface area contributed by atoms with E-state index in [0.717, 1.165) is 42.5 Å². The number of nitrogens with zero attached hydrogens (tertiary/aromatic N) is 2. The normalized spacial score (nSPS) is 24.0. The molecule has 0 spiro atoms. The quantitative estimate of drug-likeness (QED) is 0.834. The fourth-order valence-corrected chi connectivity index (χ4v) is 5.48. The summed E-state index contributed by atoms with van der Waals surface area (Å²) < 4.78 is 28.5. The maximum Gasteiger partial charge on any atom is 0.245 e. The van der Waals surface area contributed by atoms with Gasteiger partial charge in [0, 0.05) is 5.71 Å². The molecule has 1 aliphatic carbocycles. The summed E-state index contributed by atoms with van der Waals surface area (Å²) in [5.41, 5.74) is 3.02. The average Bonchev–Trinajstić information content (AvgIpc) is 3.03. The smallest absolute Gasteiger partial charge is 0.245 e. The SMILES string of the molecule is Cc1ccc(S(=O)(=O)N2[C@@H]3CCCCC3=N[C@@H]2c2ccccc2)cc1. The lowest BCUT2D eigenvalue weighted by atomic mass is 9.94. The van der Waals surface area contributed by atoms with Crippen molar-refractivity contribution in [3.63, 3.8) is 0 Å². The molecule has 4 rings (SSSR count). The van der Waals surface area contributed by atoms with Crippen molar-refractivity contribution in [3.05, 3.63) is 65.7 Å². The summed E-state index contributed by atoms with van der Waals surface area (Å²) >= 11 is 0. The van der Waals surface area contributed by atoms with Crippen molar-refractivity contribution in [2.45, 2.75) is 49.7 Å². The topological polar surface area (TPSA) is 49.7 Å². The molecule has 0 saturated heterocycles. The van der Waals surface area contributed by atoms with Gasteiger partial charge in [-0.3, -0.25) is 4.99 Å². The van der Waals surface area contributed by atoms with Gasteiger partial charge in [-0.2, -0.15) is 4.31 Å². The highest BCUT2D eigenvalue weighted by Gasteiger charge is 2.45. The zero-order valence-corrected chi connectivity index (χ0v) is 15.1. The van der Waals surface area contributed by atoms with E-state index in [0.29, 0.717) is 4.90 Å². The van der Waals surface area contributed by atoms with E-state index < -0.39 is 16.2 Å². The van der Waals surface area contributed by atoms with Crippen LogP contribution in [0.1, 0.15) is 43.0 Å². The Hall–Kier alpha value is -1.98. The third-order valence-electron chi connectivity index (χ3n) is 5.08. The first-order valence-electron chi connectivity index (χ1n) is 8.79. The Kier molecular flexibility index (Phi) is 4.21. The van der Waals surface area contributed by atoms with E-state index >= 15 is 0 Å². The van der Waals surface area contributed by atoms with Crippen LogP contribution in [0.15, 0.2) is 64.5 Å². The molecule has 0 aromatic heterocycles. The molecule has 0 N–H and O–H groups in total. The summed E-state index contributed by atoms with van der Waals surface area (Å²) in [6.45, 7) is 1.96. The van der Waals surface area contributed by atoms with Crippen LogP contribution in [0, 0.1) is 6.92 Å². The maximum absolute atomic E-state index is 13.4. The minimum Gasteiger partial charge on any atom is -0.267 e. The van der Waals surface area contributed by atoms with Gasteiger partial charge in [-0.15, -0.1) is 0 Å². The monoisotopic (exact) mass is 354 g/mol. The Labute approximate surface area is 149 Å². The molecule has 1 aliphatic heterocycles. The highest BCUT2D eigenvalue weighted by atomic mass is 32.2. The van der Waals surface area contributed by atoms with E-state index in [9.17, 15) is 8.42 Å². The van der Waals surface area contributed by atoms with Gasteiger partial charge >= 0.3 is 0 Å². The van der Waals surface area contributed by atoms with Crippen LogP contribution in [0.25, 0.3) is 0 Å². The lowest BCUT2D eigenvalue weighted by Crippen LogP contribution is -2.42. The summed E-state index contributed by atoms with van der Waals surface area (Å²) in [7, 11) is -3.60. The number of fused-ring (bicyclic) bond motifs is 1. The number of sulfonamides is 1. The molecule has 1 saturated carbocycles. The van der Waals surface area contributed by atoms with Crippen molar-refractivity contribution < 1.29 is 8.42 Å². The van der Waals surface area contributed by atoms with E-state index in [1.165, 1.54) is 0 Å². The van der Waals surface area contributed by atoms with Crippen molar-refractivity contribution in [1.29, 1.82) is 0 Å². The molecule has 130 valence electrons. The van der Waals surface area contributed by atoms with E-state index in [-0.39, 0.29) is 6.04 Å². The van der Waals surface area contributed by atoms with Crippen LogP contribution in [-0.2, 0) is 10.0 Å². The van der Waals surface area contributed by atoms with Crippen molar-refractivity contribution >= 4 is 15.7 Å². The summed E-state index contributed by atoms with van der Waals surface area (Å²) in [4.78, 5) is 5.18. The molecule has 2 aromatic carbocycles. The molecule has 2 atom stereocenters. The van der Waals surface area contributed by atoms with Crippen LogP contribution in [0.4, 0.5) is 0 Å². The third kappa shape index (κ3) is 2.92. The van der Waals surface area contributed by atoms with Crippen LogP contribution < -0.4 is 0 Å². The number of hydrogen-bond acceptors (Lipinski definition) is 3. The average molecular weight is 354 g/mol. The third-order valence-corrected chi connectivity index (χ3v) is 6.95. The molecule has 0 radical (unpaired) electrons. The largest absolute Gasteiger partial charge is 0.267 e. The molecule has 2 aromatic rings. The van der Waals surface area contributed by atoms with Gasteiger partial charge in [0.05, 0.1) is 10.9 Å². The van der Waals surface area contributed by atoms with Crippen LogP contribution in [-0.4, -0.2) is 24.5 Å². The van der Waals surface area contributed by atoms with Gasteiger partial charge in [0.2, 0.25) is 10.0 Å². The summed E-state index contributed by atoms with van der Waals surface area (Å²) in [5.74, 6) is 0. The molecule has 4 nitrogen and oxygen atoms in total. The van der Waals surface area contributed by atoms with Gasteiger partial charge < -0.3 is 0 Å². The molecule has 1 heterocycles. The van der Waals surface area contributed by atoms with Gasteiger partial charge in [0.15, 0.2) is 0 Å². The molecule has 2 aliphatic rings. The van der Waals surface area contributed by atoms with Crippen molar-refractivity contribution in [3.8, 4) is 0 Å².